The summed E-state index contributed by atoms with van der Waals surface area (Å²) in [7, 11) is 0. The van der Waals surface area contributed by atoms with Crippen molar-refractivity contribution >= 4 is 6.09 Å². The highest BCUT2D eigenvalue weighted by atomic mass is 16.6. The van der Waals surface area contributed by atoms with Crippen molar-refractivity contribution in [3.05, 3.63) is 0 Å². The van der Waals surface area contributed by atoms with E-state index in [9.17, 15) is 4.79 Å². The lowest BCUT2D eigenvalue weighted by atomic mass is 10.1. The topological polar surface area (TPSA) is 55.6 Å². The molecular formula is C10H20N2O2. The summed E-state index contributed by atoms with van der Waals surface area (Å²) in [6, 6.07) is 0. The van der Waals surface area contributed by atoms with Gasteiger partial charge >= 0.3 is 6.09 Å². The van der Waals surface area contributed by atoms with Gasteiger partial charge in [-0.2, -0.15) is 0 Å². The third-order valence-corrected chi connectivity index (χ3v) is 2.44. The second-order valence-corrected chi connectivity index (χ2v) is 3.66. The molecule has 1 aliphatic heterocycles. The fourth-order valence-corrected chi connectivity index (χ4v) is 1.57. The van der Waals surface area contributed by atoms with Crippen LogP contribution in [0.2, 0.25) is 0 Å². The van der Waals surface area contributed by atoms with Crippen LogP contribution in [0.1, 0.15) is 32.1 Å². The largest absolute Gasteiger partial charge is 0.449 e. The van der Waals surface area contributed by atoms with Gasteiger partial charge in [0.2, 0.25) is 0 Å². The van der Waals surface area contributed by atoms with Gasteiger partial charge in [-0.05, 0) is 38.6 Å². The van der Waals surface area contributed by atoms with Gasteiger partial charge in [-0.15, -0.1) is 0 Å². The van der Waals surface area contributed by atoms with Gasteiger partial charge in [-0.3, -0.25) is 0 Å². The summed E-state index contributed by atoms with van der Waals surface area (Å²) >= 11 is 0. The number of unbranched alkanes of at least 4 members (excludes halogenated alkanes) is 1. The van der Waals surface area contributed by atoms with Crippen LogP contribution >= 0.6 is 0 Å². The fraction of sp³-hybridized carbons (Fsp3) is 0.900. The van der Waals surface area contributed by atoms with Crippen LogP contribution in [0.3, 0.4) is 0 Å². The molecule has 0 bridgehead atoms. The Hall–Kier alpha value is -0.770. The highest BCUT2D eigenvalue weighted by molar-refractivity contribution is 5.67. The molecule has 0 radical (unpaired) electrons. The molecule has 0 aromatic heterocycles. The molecule has 0 atom stereocenters. The van der Waals surface area contributed by atoms with E-state index in [4.69, 9.17) is 10.5 Å². The molecule has 1 amide bonds. The second kappa shape index (κ2) is 6.65. The Balaban J connectivity index is 2.07. The zero-order valence-corrected chi connectivity index (χ0v) is 8.71. The Kier molecular flexibility index (Phi) is 5.37. The maximum absolute atomic E-state index is 11.4. The van der Waals surface area contributed by atoms with Crippen molar-refractivity contribution in [2.75, 3.05) is 26.2 Å². The Morgan fingerprint density at radius 1 is 1.21 bits per heavy atom. The average Bonchev–Trinajstić information content (AvgIpc) is 2.25. The number of nitrogens with two attached hydrogens (primary N) is 1. The van der Waals surface area contributed by atoms with Crippen LogP contribution in [0, 0.1) is 0 Å². The Morgan fingerprint density at radius 2 is 1.93 bits per heavy atom. The van der Waals surface area contributed by atoms with Crippen LogP contribution in [0.15, 0.2) is 0 Å². The molecule has 82 valence electrons. The number of amides is 1. The van der Waals surface area contributed by atoms with Gasteiger partial charge in [0, 0.05) is 13.1 Å². The van der Waals surface area contributed by atoms with Gasteiger partial charge in [0.15, 0.2) is 0 Å². The lowest BCUT2D eigenvalue weighted by Crippen LogP contribution is -2.36. The number of hydrogen-bond donors (Lipinski definition) is 1. The summed E-state index contributed by atoms with van der Waals surface area (Å²) in [5.41, 5.74) is 5.34. The van der Waals surface area contributed by atoms with E-state index in [2.05, 4.69) is 0 Å². The Bertz CT molecular complexity index is 168. The van der Waals surface area contributed by atoms with E-state index in [1.807, 2.05) is 0 Å². The van der Waals surface area contributed by atoms with E-state index in [1.54, 1.807) is 4.90 Å². The molecule has 0 aromatic rings. The van der Waals surface area contributed by atoms with Crippen LogP contribution in [0.25, 0.3) is 0 Å². The van der Waals surface area contributed by atoms with Crippen LogP contribution in [0.4, 0.5) is 4.79 Å². The van der Waals surface area contributed by atoms with Crippen molar-refractivity contribution in [2.45, 2.75) is 32.1 Å². The van der Waals surface area contributed by atoms with Crippen molar-refractivity contribution < 1.29 is 9.53 Å². The molecule has 2 N–H and O–H groups in total. The number of likely N-dealkylation sites (tertiary alicyclic amines) is 1. The standard InChI is InChI=1S/C10H20N2O2/c11-6-2-5-9-14-10(13)12-7-3-1-4-8-12/h1-9,11H2. The summed E-state index contributed by atoms with van der Waals surface area (Å²) in [6.45, 7) is 2.89. The lowest BCUT2D eigenvalue weighted by molar-refractivity contribution is 0.0939. The van der Waals surface area contributed by atoms with Crippen molar-refractivity contribution in [1.29, 1.82) is 0 Å². The van der Waals surface area contributed by atoms with Gasteiger partial charge in [0.25, 0.3) is 0 Å². The summed E-state index contributed by atoms with van der Waals surface area (Å²) in [5.74, 6) is 0. The molecule has 0 unspecified atom stereocenters. The van der Waals surface area contributed by atoms with E-state index in [-0.39, 0.29) is 6.09 Å². The van der Waals surface area contributed by atoms with Crippen LogP contribution in [0.5, 0.6) is 0 Å². The zero-order valence-electron chi connectivity index (χ0n) is 8.71. The van der Waals surface area contributed by atoms with E-state index < -0.39 is 0 Å². The van der Waals surface area contributed by atoms with Gasteiger partial charge in [0.1, 0.15) is 0 Å². The summed E-state index contributed by atoms with van der Waals surface area (Å²) in [4.78, 5) is 13.2. The molecule has 0 saturated carbocycles. The predicted octanol–water partition coefficient (Wildman–Crippen LogP) is 1.35. The number of hydrogen-bond acceptors (Lipinski definition) is 3. The molecule has 4 nitrogen and oxygen atoms in total. The molecule has 1 fully saturated rings. The van der Waals surface area contributed by atoms with Crippen molar-refractivity contribution in [1.82, 2.24) is 4.90 Å². The van der Waals surface area contributed by atoms with Gasteiger partial charge in [0.05, 0.1) is 6.61 Å². The summed E-state index contributed by atoms with van der Waals surface area (Å²) in [6.07, 6.45) is 5.09. The van der Waals surface area contributed by atoms with Crippen LogP contribution in [-0.4, -0.2) is 37.2 Å². The number of ether oxygens (including phenoxy) is 1. The number of piperidine rings is 1. The van der Waals surface area contributed by atoms with Crippen molar-refractivity contribution in [3.63, 3.8) is 0 Å². The third-order valence-electron chi connectivity index (χ3n) is 2.44. The minimum absolute atomic E-state index is 0.151. The number of nitrogens with zero attached hydrogens (tertiary/aromatic N) is 1. The van der Waals surface area contributed by atoms with E-state index in [0.717, 1.165) is 38.8 Å². The fourth-order valence-electron chi connectivity index (χ4n) is 1.57. The first-order chi connectivity index (χ1) is 6.84. The lowest BCUT2D eigenvalue weighted by Gasteiger charge is -2.25. The maximum atomic E-state index is 11.4. The average molecular weight is 200 g/mol. The van der Waals surface area contributed by atoms with E-state index in [0.29, 0.717) is 13.2 Å². The number of carbonyl (C=O) groups is 1. The second-order valence-electron chi connectivity index (χ2n) is 3.66. The minimum Gasteiger partial charge on any atom is -0.449 e. The molecule has 1 aliphatic rings. The van der Waals surface area contributed by atoms with Crippen LogP contribution < -0.4 is 5.73 Å². The molecule has 0 aromatic carbocycles. The first kappa shape index (κ1) is 11.3. The third kappa shape index (κ3) is 3.96. The molecular weight excluding hydrogens is 180 g/mol. The highest BCUT2D eigenvalue weighted by Crippen LogP contribution is 2.09. The molecule has 0 spiro atoms. The monoisotopic (exact) mass is 200 g/mol. The summed E-state index contributed by atoms with van der Waals surface area (Å²) < 4.78 is 5.12. The first-order valence-corrected chi connectivity index (χ1v) is 5.46. The van der Waals surface area contributed by atoms with Gasteiger partial charge in [-0.25, -0.2) is 4.79 Å². The summed E-state index contributed by atoms with van der Waals surface area (Å²) in [5, 5.41) is 0. The smallest absolute Gasteiger partial charge is 0.409 e. The molecule has 1 saturated heterocycles. The number of rotatable bonds is 4. The maximum Gasteiger partial charge on any atom is 0.409 e. The highest BCUT2D eigenvalue weighted by Gasteiger charge is 2.16. The molecule has 1 rings (SSSR count). The van der Waals surface area contributed by atoms with E-state index in [1.165, 1.54) is 6.42 Å². The first-order valence-electron chi connectivity index (χ1n) is 5.46. The van der Waals surface area contributed by atoms with E-state index >= 15 is 0 Å². The predicted molar refractivity (Wildman–Crippen MR) is 55.1 cm³/mol. The molecule has 4 heteroatoms. The molecule has 1 heterocycles. The normalized spacial score (nSPS) is 16.8. The SMILES string of the molecule is NCCCCOC(=O)N1CCCCC1. The van der Waals surface area contributed by atoms with Gasteiger partial charge < -0.3 is 15.4 Å². The van der Waals surface area contributed by atoms with Crippen molar-refractivity contribution in [2.24, 2.45) is 5.73 Å². The quantitative estimate of drug-likeness (QED) is 0.697. The number of carbonyl (C=O) groups excluding carboxylic acids is 1. The zero-order chi connectivity index (χ0) is 10.2. The Labute approximate surface area is 85.4 Å². The van der Waals surface area contributed by atoms with Gasteiger partial charge in [-0.1, -0.05) is 0 Å². The minimum atomic E-state index is -0.151. The molecule has 14 heavy (non-hydrogen) atoms. The van der Waals surface area contributed by atoms with Crippen molar-refractivity contribution in [3.8, 4) is 0 Å². The van der Waals surface area contributed by atoms with Crippen LogP contribution in [-0.2, 0) is 4.74 Å². The molecule has 0 aliphatic carbocycles. The Morgan fingerprint density at radius 3 is 2.57 bits per heavy atom.